The predicted molar refractivity (Wildman–Crippen MR) is 107 cm³/mol. The van der Waals surface area contributed by atoms with Gasteiger partial charge in [-0.25, -0.2) is 14.3 Å². The highest BCUT2D eigenvalue weighted by Gasteiger charge is 2.03. The molecule has 1 atom stereocenters. The Hall–Kier alpha value is -2.51. The Bertz CT molecular complexity index is 724. The van der Waals surface area contributed by atoms with Gasteiger partial charge in [0.2, 0.25) is 0 Å². The molecule has 2 rings (SSSR count). The molecule has 0 saturated heterocycles. The van der Waals surface area contributed by atoms with Crippen molar-refractivity contribution >= 4 is 11.6 Å². The van der Waals surface area contributed by atoms with E-state index in [2.05, 4.69) is 24.5 Å². The highest BCUT2D eigenvalue weighted by atomic mass is 19.1. The molecule has 0 radical (unpaired) electrons. The van der Waals surface area contributed by atoms with Crippen molar-refractivity contribution in [2.45, 2.75) is 39.7 Å². The molecular formula is C21H29F2N3O2. The van der Waals surface area contributed by atoms with Crippen LogP contribution in [0.3, 0.4) is 0 Å². The Balaban J connectivity index is 0.000000280. The zero-order chi connectivity index (χ0) is 20.9. The van der Waals surface area contributed by atoms with Gasteiger partial charge in [0.15, 0.2) is 0 Å². The lowest BCUT2D eigenvalue weighted by Crippen LogP contribution is -2.26. The molecule has 0 aliphatic carbocycles. The summed E-state index contributed by atoms with van der Waals surface area (Å²) in [6, 6.07) is 11.4. The number of carbonyl (C=O) groups excluding carboxylic acids is 1. The van der Waals surface area contributed by atoms with Crippen molar-refractivity contribution in [3.8, 4) is 0 Å². The number of hydroxylamine groups is 1. The number of hydrogen-bond donors (Lipinski definition) is 4. The predicted octanol–water partition coefficient (Wildman–Crippen LogP) is 4.33. The maximum absolute atomic E-state index is 12.8. The van der Waals surface area contributed by atoms with Crippen LogP contribution in [0, 0.1) is 18.6 Å². The summed E-state index contributed by atoms with van der Waals surface area (Å²) in [7, 11) is 0. The second-order valence-electron chi connectivity index (χ2n) is 6.43. The van der Waals surface area contributed by atoms with Gasteiger partial charge in [-0.05, 0) is 68.3 Å². The Morgan fingerprint density at radius 2 is 1.82 bits per heavy atom. The van der Waals surface area contributed by atoms with Gasteiger partial charge in [-0.1, -0.05) is 25.5 Å². The molecule has 0 fully saturated rings. The summed E-state index contributed by atoms with van der Waals surface area (Å²) in [5.41, 5.74) is 3.76. The van der Waals surface area contributed by atoms with Crippen LogP contribution in [0.2, 0.25) is 0 Å². The van der Waals surface area contributed by atoms with Crippen LogP contribution in [0.15, 0.2) is 42.5 Å². The topological polar surface area (TPSA) is 73.4 Å². The van der Waals surface area contributed by atoms with E-state index in [4.69, 9.17) is 5.21 Å². The molecule has 0 heterocycles. The van der Waals surface area contributed by atoms with Gasteiger partial charge in [0, 0.05) is 11.7 Å². The Morgan fingerprint density at radius 3 is 2.39 bits per heavy atom. The summed E-state index contributed by atoms with van der Waals surface area (Å²) >= 11 is 0. The van der Waals surface area contributed by atoms with Crippen molar-refractivity contribution in [2.24, 2.45) is 0 Å². The molecule has 0 saturated carbocycles. The smallest absolute Gasteiger partial charge is 0.262 e. The second-order valence-corrected chi connectivity index (χ2v) is 6.43. The Labute approximate surface area is 165 Å². The zero-order valence-corrected chi connectivity index (χ0v) is 16.6. The third kappa shape index (κ3) is 8.92. The van der Waals surface area contributed by atoms with Crippen LogP contribution < -0.4 is 16.1 Å². The third-order valence-corrected chi connectivity index (χ3v) is 4.09. The molecule has 2 aromatic rings. The number of carbonyl (C=O) groups is 1. The number of rotatable bonds is 8. The first kappa shape index (κ1) is 23.5. The number of benzene rings is 2. The third-order valence-electron chi connectivity index (χ3n) is 4.09. The van der Waals surface area contributed by atoms with Gasteiger partial charge in [-0.15, -0.1) is 0 Å². The first-order chi connectivity index (χ1) is 13.4. The Morgan fingerprint density at radius 1 is 1.14 bits per heavy atom. The van der Waals surface area contributed by atoms with Crippen molar-refractivity contribution in [3.05, 3.63) is 65.2 Å². The summed E-state index contributed by atoms with van der Waals surface area (Å²) in [5.74, 6) is -1.01. The number of unbranched alkanes of at least 4 members (excludes halogenated alkanes) is 1. The molecule has 7 heteroatoms. The lowest BCUT2D eigenvalue weighted by Gasteiger charge is -2.13. The monoisotopic (exact) mass is 393 g/mol. The molecule has 5 nitrogen and oxygen atoms in total. The maximum atomic E-state index is 12.8. The largest absolute Gasteiger partial charge is 0.376 e. The number of hydrogen-bond acceptors (Lipinski definition) is 4. The van der Waals surface area contributed by atoms with Gasteiger partial charge in [0.25, 0.3) is 5.91 Å². The van der Waals surface area contributed by atoms with E-state index in [0.717, 1.165) is 12.1 Å². The van der Waals surface area contributed by atoms with Crippen LogP contribution in [0.25, 0.3) is 0 Å². The molecule has 0 aliphatic heterocycles. The molecule has 0 spiro atoms. The lowest BCUT2D eigenvalue weighted by molar-refractivity contribution is -0.127. The van der Waals surface area contributed by atoms with Gasteiger partial charge in [-0.3, -0.25) is 10.0 Å². The van der Waals surface area contributed by atoms with E-state index >= 15 is 0 Å². The van der Waals surface area contributed by atoms with E-state index in [-0.39, 0.29) is 18.2 Å². The van der Waals surface area contributed by atoms with Crippen LogP contribution in [0.1, 0.15) is 43.9 Å². The minimum atomic E-state index is -0.549. The van der Waals surface area contributed by atoms with Gasteiger partial charge in [0.05, 0.1) is 6.54 Å². The summed E-state index contributed by atoms with van der Waals surface area (Å²) in [6.45, 7) is 6.87. The van der Waals surface area contributed by atoms with E-state index in [9.17, 15) is 13.6 Å². The van der Waals surface area contributed by atoms with Gasteiger partial charge >= 0.3 is 0 Å². The number of amides is 1. The maximum Gasteiger partial charge on any atom is 0.262 e. The van der Waals surface area contributed by atoms with Gasteiger partial charge in [0.1, 0.15) is 11.6 Å². The van der Waals surface area contributed by atoms with E-state index in [1.165, 1.54) is 42.6 Å². The molecule has 4 N–H and O–H groups in total. The summed E-state index contributed by atoms with van der Waals surface area (Å²) in [6.07, 6.45) is 2.38. The fourth-order valence-electron chi connectivity index (χ4n) is 2.34. The summed E-state index contributed by atoms with van der Waals surface area (Å²) in [4.78, 5) is 10.6. The molecule has 1 amide bonds. The minimum absolute atomic E-state index is 0.0540. The highest BCUT2D eigenvalue weighted by Crippen LogP contribution is 2.13. The highest BCUT2D eigenvalue weighted by molar-refractivity contribution is 5.79. The fourth-order valence-corrected chi connectivity index (χ4v) is 2.34. The van der Waals surface area contributed by atoms with Crippen LogP contribution in [-0.2, 0) is 4.79 Å². The van der Waals surface area contributed by atoms with Crippen LogP contribution in [0.5, 0.6) is 0 Å². The molecular weight excluding hydrogens is 364 g/mol. The molecule has 1 unspecified atom stereocenters. The van der Waals surface area contributed by atoms with Gasteiger partial charge < -0.3 is 10.6 Å². The van der Waals surface area contributed by atoms with E-state index in [1.54, 1.807) is 13.0 Å². The fraction of sp³-hybridized carbons (Fsp3) is 0.381. The number of nitrogens with one attached hydrogen (secondary N) is 3. The van der Waals surface area contributed by atoms with E-state index in [1.807, 2.05) is 12.1 Å². The Kier molecular flexibility index (Phi) is 10.8. The SMILES string of the molecule is CCCCNC(C)c1ccc(F)cc1.Cc1cc(NCC(=O)NO)ccc1F. The van der Waals surface area contributed by atoms with Gasteiger partial charge in [-0.2, -0.15) is 0 Å². The molecule has 0 aromatic heterocycles. The number of halogens is 2. The standard InChI is InChI=1S/C12H18FN.C9H11FN2O2/c1-3-4-9-14-10(2)11-5-7-12(13)8-6-11;1-6-4-7(2-3-8(6)10)11-5-9(13)12-14/h5-8,10,14H,3-4,9H2,1-2H3;2-4,11,14H,5H2,1H3,(H,12,13). The molecule has 0 bridgehead atoms. The number of aryl methyl sites for hydroxylation is 1. The lowest BCUT2D eigenvalue weighted by atomic mass is 10.1. The van der Waals surface area contributed by atoms with Crippen molar-refractivity contribution in [2.75, 3.05) is 18.4 Å². The second kappa shape index (κ2) is 12.8. The van der Waals surface area contributed by atoms with Crippen LogP contribution in [0.4, 0.5) is 14.5 Å². The van der Waals surface area contributed by atoms with Crippen molar-refractivity contribution in [1.82, 2.24) is 10.8 Å². The number of anilines is 1. The normalized spacial score (nSPS) is 11.2. The van der Waals surface area contributed by atoms with Crippen molar-refractivity contribution in [1.29, 1.82) is 0 Å². The summed E-state index contributed by atoms with van der Waals surface area (Å²) in [5, 5.41) is 14.3. The minimum Gasteiger partial charge on any atom is -0.376 e. The van der Waals surface area contributed by atoms with E-state index < -0.39 is 5.91 Å². The average molecular weight is 393 g/mol. The molecule has 154 valence electrons. The average Bonchev–Trinajstić information content (AvgIpc) is 2.69. The van der Waals surface area contributed by atoms with Crippen molar-refractivity contribution in [3.63, 3.8) is 0 Å². The van der Waals surface area contributed by atoms with Crippen LogP contribution >= 0.6 is 0 Å². The summed E-state index contributed by atoms with van der Waals surface area (Å²) < 4.78 is 25.5. The quantitative estimate of drug-likeness (QED) is 0.306. The van der Waals surface area contributed by atoms with Crippen LogP contribution in [-0.4, -0.2) is 24.2 Å². The molecule has 28 heavy (non-hydrogen) atoms. The first-order valence-electron chi connectivity index (χ1n) is 9.29. The molecule has 2 aromatic carbocycles. The van der Waals surface area contributed by atoms with E-state index in [0.29, 0.717) is 17.3 Å². The first-order valence-corrected chi connectivity index (χ1v) is 9.29. The van der Waals surface area contributed by atoms with Crippen molar-refractivity contribution < 1.29 is 18.8 Å². The molecule has 0 aliphatic rings. The zero-order valence-electron chi connectivity index (χ0n) is 16.6.